The van der Waals surface area contributed by atoms with Crippen LogP contribution in [-0.4, -0.2) is 32.3 Å². The molecule has 82 valence electrons. The molecule has 0 amide bonds. The average Bonchev–Trinajstić information content (AvgIpc) is 2.97. The molecule has 1 saturated carbocycles. The van der Waals surface area contributed by atoms with Crippen molar-refractivity contribution >= 4 is 11.6 Å². The summed E-state index contributed by atoms with van der Waals surface area (Å²) in [6.45, 7) is 1.69. The molecule has 2 fully saturated rings. The highest BCUT2D eigenvalue weighted by atomic mass is 35.5. The number of ether oxygens (including phenoxy) is 2. The highest BCUT2D eigenvalue weighted by molar-refractivity contribution is 6.18. The summed E-state index contributed by atoms with van der Waals surface area (Å²) < 4.78 is 11.0. The normalized spacial score (nSPS) is 37.7. The van der Waals surface area contributed by atoms with Crippen LogP contribution in [0, 0.1) is 11.3 Å². The van der Waals surface area contributed by atoms with Crippen LogP contribution in [-0.2, 0) is 9.47 Å². The fourth-order valence-corrected chi connectivity index (χ4v) is 2.94. The standard InChI is InChI=1S/C11H19ClO2/c1-13-6-4-11(8-12)5-7-14-10(11)9-2-3-9/h9-10H,2-8H2,1H3. The van der Waals surface area contributed by atoms with Gasteiger partial charge in [-0.1, -0.05) is 0 Å². The van der Waals surface area contributed by atoms with Crippen LogP contribution in [0.4, 0.5) is 0 Å². The lowest BCUT2D eigenvalue weighted by atomic mass is 9.78. The molecule has 0 radical (unpaired) electrons. The molecule has 0 aromatic rings. The average molecular weight is 219 g/mol. The largest absolute Gasteiger partial charge is 0.385 e. The van der Waals surface area contributed by atoms with Crippen molar-refractivity contribution in [2.45, 2.75) is 31.8 Å². The summed E-state index contributed by atoms with van der Waals surface area (Å²) in [6.07, 6.45) is 5.23. The molecular formula is C11H19ClO2. The lowest BCUT2D eigenvalue weighted by molar-refractivity contribution is 0.0247. The molecule has 0 spiro atoms. The number of hydrogen-bond donors (Lipinski definition) is 0. The zero-order valence-electron chi connectivity index (χ0n) is 8.80. The van der Waals surface area contributed by atoms with Crippen LogP contribution in [0.5, 0.6) is 0 Å². The Hall–Kier alpha value is 0.210. The van der Waals surface area contributed by atoms with Gasteiger partial charge in [0.2, 0.25) is 0 Å². The molecule has 14 heavy (non-hydrogen) atoms. The minimum atomic E-state index is 0.207. The van der Waals surface area contributed by atoms with Gasteiger partial charge >= 0.3 is 0 Å². The monoisotopic (exact) mass is 218 g/mol. The van der Waals surface area contributed by atoms with Crippen LogP contribution < -0.4 is 0 Å². The highest BCUT2D eigenvalue weighted by Crippen LogP contribution is 2.50. The van der Waals surface area contributed by atoms with Crippen molar-refractivity contribution in [1.29, 1.82) is 0 Å². The minimum absolute atomic E-state index is 0.207. The molecule has 1 aliphatic carbocycles. The van der Waals surface area contributed by atoms with Gasteiger partial charge in [0.1, 0.15) is 0 Å². The van der Waals surface area contributed by atoms with Crippen LogP contribution >= 0.6 is 11.6 Å². The Labute approximate surface area is 90.9 Å². The first-order valence-electron chi connectivity index (χ1n) is 5.49. The predicted octanol–water partition coefficient (Wildman–Crippen LogP) is 2.45. The van der Waals surface area contributed by atoms with E-state index in [0.29, 0.717) is 6.10 Å². The molecule has 1 aliphatic heterocycles. The Balaban J connectivity index is 1.99. The van der Waals surface area contributed by atoms with Crippen molar-refractivity contribution in [2.75, 3.05) is 26.2 Å². The molecule has 1 saturated heterocycles. The van der Waals surface area contributed by atoms with Crippen LogP contribution in [0.2, 0.25) is 0 Å². The van der Waals surface area contributed by atoms with Crippen molar-refractivity contribution in [3.63, 3.8) is 0 Å². The van der Waals surface area contributed by atoms with Crippen molar-refractivity contribution in [1.82, 2.24) is 0 Å². The Kier molecular flexibility index (Phi) is 3.35. The third kappa shape index (κ3) is 1.93. The van der Waals surface area contributed by atoms with E-state index in [1.54, 1.807) is 7.11 Å². The van der Waals surface area contributed by atoms with Crippen molar-refractivity contribution in [3.05, 3.63) is 0 Å². The second-order valence-corrected chi connectivity index (χ2v) is 4.88. The second kappa shape index (κ2) is 4.38. The molecule has 0 N–H and O–H groups in total. The molecule has 2 rings (SSSR count). The third-order valence-corrected chi connectivity index (χ3v) is 4.15. The smallest absolute Gasteiger partial charge is 0.0672 e. The summed E-state index contributed by atoms with van der Waals surface area (Å²) >= 11 is 6.13. The van der Waals surface area contributed by atoms with Crippen LogP contribution in [0.25, 0.3) is 0 Å². The van der Waals surface area contributed by atoms with E-state index in [4.69, 9.17) is 21.1 Å². The Morgan fingerprint density at radius 1 is 1.50 bits per heavy atom. The molecule has 0 aromatic heterocycles. The number of rotatable bonds is 5. The maximum absolute atomic E-state index is 6.13. The van der Waals surface area contributed by atoms with Gasteiger partial charge in [0.15, 0.2) is 0 Å². The van der Waals surface area contributed by atoms with E-state index >= 15 is 0 Å². The van der Waals surface area contributed by atoms with Crippen molar-refractivity contribution in [3.8, 4) is 0 Å². The first-order chi connectivity index (χ1) is 6.82. The minimum Gasteiger partial charge on any atom is -0.385 e. The topological polar surface area (TPSA) is 18.5 Å². The molecule has 2 unspecified atom stereocenters. The SMILES string of the molecule is COCCC1(CCl)CCOC1C1CC1. The van der Waals surface area contributed by atoms with Crippen LogP contribution in [0.3, 0.4) is 0 Å². The van der Waals surface area contributed by atoms with Crippen LogP contribution in [0.15, 0.2) is 0 Å². The van der Waals surface area contributed by atoms with E-state index in [1.165, 1.54) is 12.8 Å². The first kappa shape index (κ1) is 10.7. The lowest BCUT2D eigenvalue weighted by Crippen LogP contribution is -2.35. The summed E-state index contributed by atoms with van der Waals surface area (Å²) in [5.41, 5.74) is 0.207. The highest BCUT2D eigenvalue weighted by Gasteiger charge is 2.50. The molecule has 1 heterocycles. The van der Waals surface area contributed by atoms with Gasteiger partial charge in [-0.05, 0) is 31.6 Å². The predicted molar refractivity (Wildman–Crippen MR) is 56.7 cm³/mol. The first-order valence-corrected chi connectivity index (χ1v) is 6.02. The number of alkyl halides is 1. The lowest BCUT2D eigenvalue weighted by Gasteiger charge is -2.32. The van der Waals surface area contributed by atoms with Crippen molar-refractivity contribution in [2.24, 2.45) is 11.3 Å². The molecule has 3 heteroatoms. The third-order valence-electron chi connectivity index (χ3n) is 3.62. The Bertz CT molecular complexity index is 194. The summed E-state index contributed by atoms with van der Waals surface area (Å²) in [4.78, 5) is 0. The van der Waals surface area contributed by atoms with E-state index in [9.17, 15) is 0 Å². The van der Waals surface area contributed by atoms with E-state index < -0.39 is 0 Å². The number of hydrogen-bond acceptors (Lipinski definition) is 2. The Morgan fingerprint density at radius 2 is 2.29 bits per heavy atom. The molecule has 0 bridgehead atoms. The van der Waals surface area contributed by atoms with Gasteiger partial charge in [0.05, 0.1) is 6.10 Å². The van der Waals surface area contributed by atoms with Gasteiger partial charge in [-0.2, -0.15) is 0 Å². The molecular weight excluding hydrogens is 200 g/mol. The van der Waals surface area contributed by atoms with Gasteiger partial charge in [0.25, 0.3) is 0 Å². The summed E-state index contributed by atoms with van der Waals surface area (Å²) in [7, 11) is 1.75. The molecule has 2 nitrogen and oxygen atoms in total. The van der Waals surface area contributed by atoms with Gasteiger partial charge < -0.3 is 9.47 Å². The summed E-state index contributed by atoms with van der Waals surface area (Å²) in [6, 6.07) is 0. The van der Waals surface area contributed by atoms with Gasteiger partial charge in [0, 0.05) is 31.6 Å². The maximum Gasteiger partial charge on any atom is 0.0672 e. The molecule has 2 aliphatic rings. The van der Waals surface area contributed by atoms with E-state index in [0.717, 1.165) is 37.9 Å². The summed E-state index contributed by atoms with van der Waals surface area (Å²) in [5, 5.41) is 0. The number of methoxy groups -OCH3 is 1. The zero-order valence-corrected chi connectivity index (χ0v) is 9.55. The van der Waals surface area contributed by atoms with Gasteiger partial charge in [-0.3, -0.25) is 0 Å². The maximum atomic E-state index is 6.13. The van der Waals surface area contributed by atoms with E-state index in [2.05, 4.69) is 0 Å². The molecule has 0 aromatic carbocycles. The number of halogens is 1. The van der Waals surface area contributed by atoms with E-state index in [-0.39, 0.29) is 5.41 Å². The van der Waals surface area contributed by atoms with Gasteiger partial charge in [-0.15, -0.1) is 11.6 Å². The molecule has 2 atom stereocenters. The fourth-order valence-electron chi connectivity index (χ4n) is 2.53. The fraction of sp³-hybridized carbons (Fsp3) is 1.00. The summed E-state index contributed by atoms with van der Waals surface area (Å²) in [5.74, 6) is 1.51. The van der Waals surface area contributed by atoms with Crippen molar-refractivity contribution < 1.29 is 9.47 Å². The Morgan fingerprint density at radius 3 is 2.86 bits per heavy atom. The second-order valence-electron chi connectivity index (χ2n) is 4.62. The van der Waals surface area contributed by atoms with Crippen LogP contribution in [0.1, 0.15) is 25.7 Å². The van der Waals surface area contributed by atoms with E-state index in [1.807, 2.05) is 0 Å². The van der Waals surface area contributed by atoms with Gasteiger partial charge in [-0.25, -0.2) is 0 Å². The zero-order chi connectivity index (χ0) is 10.0. The quantitative estimate of drug-likeness (QED) is 0.660.